The van der Waals surface area contributed by atoms with E-state index in [0.717, 1.165) is 16.9 Å². The van der Waals surface area contributed by atoms with Crippen LogP contribution in [0.1, 0.15) is 5.69 Å². The lowest BCUT2D eigenvalue weighted by atomic mass is 10.3. The van der Waals surface area contributed by atoms with E-state index < -0.39 is 11.9 Å². The molecule has 1 fully saturated rings. The van der Waals surface area contributed by atoms with Crippen molar-refractivity contribution in [1.29, 1.82) is 0 Å². The monoisotopic (exact) mass is 484 g/mol. The molecule has 3 heterocycles. The molecule has 1 aromatic carbocycles. The van der Waals surface area contributed by atoms with Crippen molar-refractivity contribution in [2.24, 2.45) is 0 Å². The van der Waals surface area contributed by atoms with Gasteiger partial charge < -0.3 is 14.5 Å². The fourth-order valence-corrected chi connectivity index (χ4v) is 3.38. The first-order chi connectivity index (χ1) is 14.3. The Hall–Kier alpha value is -2.89. The third-order valence-electron chi connectivity index (χ3n) is 4.66. The number of benzene rings is 1. The predicted molar refractivity (Wildman–Crippen MR) is 104 cm³/mol. The van der Waals surface area contributed by atoms with Crippen molar-refractivity contribution in [2.45, 2.75) is 6.18 Å². The van der Waals surface area contributed by atoms with E-state index >= 15 is 0 Å². The molecular weight excluding hydrogens is 469 g/mol. The van der Waals surface area contributed by atoms with Gasteiger partial charge in [-0.1, -0.05) is 15.9 Å². The van der Waals surface area contributed by atoms with Gasteiger partial charge in [-0.2, -0.15) is 27.8 Å². The maximum absolute atomic E-state index is 13.2. The number of ether oxygens (including phenoxy) is 1. The van der Waals surface area contributed by atoms with Gasteiger partial charge in [0.2, 0.25) is 0 Å². The maximum Gasteiger partial charge on any atom is 0.433 e. The van der Waals surface area contributed by atoms with E-state index in [1.54, 1.807) is 21.9 Å². The number of nitrogens with zero attached hydrogens (tertiary/aromatic N) is 6. The standard InChI is InChI=1S/C18H16BrF3N6O2/c19-12-1-3-13(4-2-12)30-10-16(29)27-7-5-26(6-8-27)15-9-14(18(20,21)22)25-17-23-11-24-28(15)17/h1-4,9,11H,5-8,10H2. The minimum atomic E-state index is -4.59. The zero-order valence-corrected chi connectivity index (χ0v) is 17.1. The number of rotatable bonds is 4. The van der Waals surface area contributed by atoms with Crippen LogP contribution in [0.3, 0.4) is 0 Å². The zero-order chi connectivity index (χ0) is 21.3. The molecule has 4 rings (SSSR count). The highest BCUT2D eigenvalue weighted by Gasteiger charge is 2.35. The Kier molecular flexibility index (Phi) is 5.50. The molecule has 2 aromatic heterocycles. The maximum atomic E-state index is 13.2. The average molecular weight is 485 g/mol. The van der Waals surface area contributed by atoms with Gasteiger partial charge in [-0.25, -0.2) is 4.98 Å². The minimum Gasteiger partial charge on any atom is -0.484 e. The number of alkyl halides is 3. The van der Waals surface area contributed by atoms with Crippen LogP contribution in [0.25, 0.3) is 5.78 Å². The molecule has 0 saturated carbocycles. The molecule has 3 aromatic rings. The summed E-state index contributed by atoms with van der Waals surface area (Å²) >= 11 is 3.33. The van der Waals surface area contributed by atoms with Gasteiger partial charge in [-0.3, -0.25) is 4.79 Å². The van der Waals surface area contributed by atoms with Crippen LogP contribution in [0.2, 0.25) is 0 Å². The number of hydrogen-bond acceptors (Lipinski definition) is 6. The summed E-state index contributed by atoms with van der Waals surface area (Å²) in [6.07, 6.45) is -3.43. The zero-order valence-electron chi connectivity index (χ0n) is 15.5. The third-order valence-corrected chi connectivity index (χ3v) is 5.18. The highest BCUT2D eigenvalue weighted by molar-refractivity contribution is 9.10. The summed E-state index contributed by atoms with van der Waals surface area (Å²) in [5.41, 5.74) is -1.03. The molecule has 158 valence electrons. The molecule has 8 nitrogen and oxygen atoms in total. The van der Waals surface area contributed by atoms with E-state index in [-0.39, 0.29) is 24.1 Å². The number of hydrogen-bond donors (Lipinski definition) is 0. The largest absolute Gasteiger partial charge is 0.484 e. The summed E-state index contributed by atoms with van der Waals surface area (Å²) in [6.45, 7) is 1.29. The van der Waals surface area contributed by atoms with Crippen LogP contribution < -0.4 is 9.64 Å². The first-order valence-corrected chi connectivity index (χ1v) is 9.79. The van der Waals surface area contributed by atoms with Crippen molar-refractivity contribution in [3.63, 3.8) is 0 Å². The van der Waals surface area contributed by atoms with Crippen molar-refractivity contribution in [3.8, 4) is 5.75 Å². The molecule has 30 heavy (non-hydrogen) atoms. The molecule has 0 bridgehead atoms. The molecule has 1 saturated heterocycles. The van der Waals surface area contributed by atoms with Crippen molar-refractivity contribution >= 4 is 33.4 Å². The fourth-order valence-electron chi connectivity index (χ4n) is 3.12. The van der Waals surface area contributed by atoms with E-state index in [9.17, 15) is 18.0 Å². The smallest absolute Gasteiger partial charge is 0.433 e. The van der Waals surface area contributed by atoms with E-state index in [0.29, 0.717) is 31.9 Å². The molecule has 1 amide bonds. The molecular formula is C18H16BrF3N6O2. The second-order valence-electron chi connectivity index (χ2n) is 6.58. The minimum absolute atomic E-state index is 0.109. The van der Waals surface area contributed by atoms with E-state index in [1.165, 1.54) is 4.52 Å². The number of fused-ring (bicyclic) bond motifs is 1. The fraction of sp³-hybridized carbons (Fsp3) is 0.333. The summed E-state index contributed by atoms with van der Waals surface area (Å²) in [6, 6.07) is 8.08. The van der Waals surface area contributed by atoms with Crippen LogP contribution in [-0.2, 0) is 11.0 Å². The van der Waals surface area contributed by atoms with Gasteiger partial charge in [0.05, 0.1) is 0 Å². The second kappa shape index (κ2) is 8.09. The summed E-state index contributed by atoms with van der Waals surface area (Å²) < 4.78 is 47.2. The Morgan fingerprint density at radius 2 is 1.83 bits per heavy atom. The quantitative estimate of drug-likeness (QED) is 0.566. The van der Waals surface area contributed by atoms with E-state index in [2.05, 4.69) is 31.0 Å². The normalized spacial score (nSPS) is 14.9. The van der Waals surface area contributed by atoms with Crippen LogP contribution in [0.4, 0.5) is 19.0 Å². The molecule has 0 spiro atoms. The number of piperazine rings is 1. The van der Waals surface area contributed by atoms with Gasteiger partial charge in [0.1, 0.15) is 17.9 Å². The Morgan fingerprint density at radius 3 is 2.50 bits per heavy atom. The number of amides is 1. The van der Waals surface area contributed by atoms with Crippen LogP contribution in [0.5, 0.6) is 5.75 Å². The van der Waals surface area contributed by atoms with E-state index in [1.807, 2.05) is 12.1 Å². The van der Waals surface area contributed by atoms with Crippen LogP contribution in [-0.4, -0.2) is 63.2 Å². The molecule has 0 atom stereocenters. The van der Waals surface area contributed by atoms with Crippen molar-refractivity contribution in [3.05, 3.63) is 46.8 Å². The van der Waals surface area contributed by atoms with Gasteiger partial charge in [-0.05, 0) is 24.3 Å². The third kappa shape index (κ3) is 4.32. The van der Waals surface area contributed by atoms with Crippen molar-refractivity contribution < 1.29 is 22.7 Å². The van der Waals surface area contributed by atoms with Crippen molar-refractivity contribution in [2.75, 3.05) is 37.7 Å². The Labute approximate surface area is 177 Å². The lowest BCUT2D eigenvalue weighted by Crippen LogP contribution is -2.50. The molecule has 0 N–H and O–H groups in total. The van der Waals surface area contributed by atoms with Gasteiger partial charge >= 0.3 is 6.18 Å². The SMILES string of the molecule is O=C(COc1ccc(Br)cc1)N1CCN(c2cc(C(F)(F)F)nc3ncnn23)CC1. The Balaban J connectivity index is 1.41. The van der Waals surface area contributed by atoms with Gasteiger partial charge in [0, 0.05) is 36.7 Å². The summed E-state index contributed by atoms with van der Waals surface area (Å²) in [4.78, 5) is 23.1. The number of carbonyl (C=O) groups is 1. The second-order valence-corrected chi connectivity index (χ2v) is 7.50. The van der Waals surface area contributed by atoms with Crippen molar-refractivity contribution in [1.82, 2.24) is 24.5 Å². The molecule has 0 aliphatic carbocycles. The lowest BCUT2D eigenvalue weighted by molar-refractivity contribution is -0.141. The summed E-state index contributed by atoms with van der Waals surface area (Å²) in [7, 11) is 0. The molecule has 0 radical (unpaired) electrons. The average Bonchev–Trinajstić information content (AvgIpc) is 3.21. The molecule has 0 unspecified atom stereocenters. The molecule has 12 heteroatoms. The molecule has 1 aliphatic rings. The van der Waals surface area contributed by atoms with Gasteiger partial charge in [0.15, 0.2) is 12.3 Å². The predicted octanol–water partition coefficient (Wildman–Crippen LogP) is 2.63. The number of anilines is 1. The number of aromatic nitrogens is 4. The Bertz CT molecular complexity index is 1050. The number of halogens is 4. The topological polar surface area (TPSA) is 75.9 Å². The highest BCUT2D eigenvalue weighted by atomic mass is 79.9. The first kappa shape index (κ1) is 20.4. The van der Waals surface area contributed by atoms with E-state index in [4.69, 9.17) is 4.74 Å². The number of carbonyl (C=O) groups excluding carboxylic acids is 1. The van der Waals surface area contributed by atoms with Crippen LogP contribution in [0, 0.1) is 0 Å². The first-order valence-electron chi connectivity index (χ1n) is 9.00. The summed E-state index contributed by atoms with van der Waals surface area (Å²) in [5, 5.41) is 3.97. The molecule has 1 aliphatic heterocycles. The van der Waals surface area contributed by atoms with Gasteiger partial charge in [-0.15, -0.1) is 0 Å². The van der Waals surface area contributed by atoms with Crippen LogP contribution >= 0.6 is 15.9 Å². The van der Waals surface area contributed by atoms with Gasteiger partial charge in [0.25, 0.3) is 11.7 Å². The lowest BCUT2D eigenvalue weighted by Gasteiger charge is -2.36. The highest BCUT2D eigenvalue weighted by Crippen LogP contribution is 2.30. The summed E-state index contributed by atoms with van der Waals surface area (Å²) in [5.74, 6) is 0.508. The Morgan fingerprint density at radius 1 is 1.13 bits per heavy atom. The van der Waals surface area contributed by atoms with Crippen LogP contribution in [0.15, 0.2) is 41.1 Å².